The Balaban J connectivity index is 2.72. The molecule has 0 saturated heterocycles. The zero-order valence-corrected chi connectivity index (χ0v) is 11.9. The summed E-state index contributed by atoms with van der Waals surface area (Å²) < 4.78 is 5.43. The number of amides is 1. The molecule has 0 fully saturated rings. The summed E-state index contributed by atoms with van der Waals surface area (Å²) in [5.74, 6) is -0.785. The summed E-state index contributed by atoms with van der Waals surface area (Å²) >= 11 is 0. The molecule has 0 aliphatic heterocycles. The van der Waals surface area contributed by atoms with Crippen molar-refractivity contribution in [3.8, 4) is 5.75 Å². The van der Waals surface area contributed by atoms with Crippen LogP contribution in [0.15, 0.2) is 35.4 Å². The fourth-order valence-corrected chi connectivity index (χ4v) is 1.41. The maximum absolute atomic E-state index is 11.9. The Morgan fingerprint density at radius 2 is 1.75 bits per heavy atom. The van der Waals surface area contributed by atoms with Crippen LogP contribution in [-0.4, -0.2) is 23.6 Å². The molecule has 1 aromatic rings. The fourth-order valence-electron chi connectivity index (χ4n) is 1.41. The van der Waals surface area contributed by atoms with Crippen molar-refractivity contribution >= 4 is 17.6 Å². The fraction of sp³-hybridized carbons (Fsp3) is 0.333. The number of benzene rings is 1. The highest BCUT2D eigenvalue weighted by atomic mass is 16.5. The number of ether oxygens (including phenoxy) is 1. The Morgan fingerprint density at radius 1 is 1.15 bits per heavy atom. The van der Waals surface area contributed by atoms with Crippen LogP contribution >= 0.6 is 0 Å². The minimum absolute atomic E-state index is 0.0328. The van der Waals surface area contributed by atoms with Gasteiger partial charge in [-0.15, -0.1) is 0 Å². The second-order valence-electron chi connectivity index (χ2n) is 4.38. The number of carboxylic acids is 1. The monoisotopic (exact) mass is 277 g/mol. The third kappa shape index (κ3) is 4.42. The SMILES string of the molecule is CCCOc1ccc(NC(=O)C(C)=C(C)C(=O)O)cc1. The summed E-state index contributed by atoms with van der Waals surface area (Å²) in [5.41, 5.74) is 0.811. The van der Waals surface area contributed by atoms with Gasteiger partial charge in [-0.3, -0.25) is 4.79 Å². The minimum Gasteiger partial charge on any atom is -0.494 e. The van der Waals surface area contributed by atoms with Crippen molar-refractivity contribution in [1.82, 2.24) is 0 Å². The number of aliphatic carboxylic acids is 1. The first-order valence-corrected chi connectivity index (χ1v) is 6.40. The summed E-state index contributed by atoms with van der Waals surface area (Å²) in [5, 5.41) is 11.5. The van der Waals surface area contributed by atoms with E-state index in [4.69, 9.17) is 9.84 Å². The molecular formula is C15H19NO4. The lowest BCUT2D eigenvalue weighted by Crippen LogP contribution is -2.16. The molecule has 0 aliphatic rings. The molecule has 1 rings (SSSR count). The third-order valence-corrected chi connectivity index (χ3v) is 2.81. The van der Waals surface area contributed by atoms with Crippen LogP contribution in [0.2, 0.25) is 0 Å². The molecule has 0 saturated carbocycles. The van der Waals surface area contributed by atoms with Gasteiger partial charge in [-0.25, -0.2) is 4.79 Å². The Kier molecular flexibility index (Phi) is 5.77. The standard InChI is InChI=1S/C15H19NO4/c1-4-9-20-13-7-5-12(6-8-13)16-14(17)10(2)11(3)15(18)19/h5-8H,4,9H2,1-3H3,(H,16,17)(H,18,19). The molecule has 0 radical (unpaired) electrons. The first-order chi connectivity index (χ1) is 9.45. The van der Waals surface area contributed by atoms with Gasteiger partial charge < -0.3 is 15.2 Å². The predicted octanol–water partition coefficient (Wildman–Crippen LogP) is 2.83. The van der Waals surface area contributed by atoms with E-state index < -0.39 is 11.9 Å². The van der Waals surface area contributed by atoms with E-state index in [1.165, 1.54) is 13.8 Å². The normalized spacial score (nSPS) is 11.6. The molecule has 0 aromatic heterocycles. The van der Waals surface area contributed by atoms with Crippen LogP contribution in [0, 0.1) is 0 Å². The van der Waals surface area contributed by atoms with E-state index in [0.717, 1.165) is 12.2 Å². The van der Waals surface area contributed by atoms with E-state index >= 15 is 0 Å². The van der Waals surface area contributed by atoms with Gasteiger partial charge in [-0.1, -0.05) is 6.92 Å². The average Bonchev–Trinajstić information content (AvgIpc) is 2.44. The lowest BCUT2D eigenvalue weighted by atomic mass is 10.1. The van der Waals surface area contributed by atoms with Gasteiger partial charge in [0.1, 0.15) is 5.75 Å². The Hall–Kier alpha value is -2.30. The van der Waals surface area contributed by atoms with Gasteiger partial charge in [0.2, 0.25) is 0 Å². The van der Waals surface area contributed by atoms with Crippen LogP contribution in [-0.2, 0) is 9.59 Å². The molecule has 5 heteroatoms. The van der Waals surface area contributed by atoms with Crippen LogP contribution in [0.5, 0.6) is 5.75 Å². The van der Waals surface area contributed by atoms with Crippen molar-refractivity contribution in [2.75, 3.05) is 11.9 Å². The van der Waals surface area contributed by atoms with E-state index in [1.807, 2.05) is 6.92 Å². The van der Waals surface area contributed by atoms with Crippen molar-refractivity contribution < 1.29 is 19.4 Å². The van der Waals surface area contributed by atoms with Crippen LogP contribution in [0.3, 0.4) is 0 Å². The number of carbonyl (C=O) groups excluding carboxylic acids is 1. The van der Waals surface area contributed by atoms with E-state index in [-0.39, 0.29) is 11.1 Å². The summed E-state index contributed by atoms with van der Waals surface area (Å²) in [6.45, 7) is 5.55. The van der Waals surface area contributed by atoms with Crippen LogP contribution < -0.4 is 10.1 Å². The first-order valence-electron chi connectivity index (χ1n) is 6.40. The number of carbonyl (C=O) groups is 2. The van der Waals surface area contributed by atoms with Crippen LogP contribution in [0.25, 0.3) is 0 Å². The topological polar surface area (TPSA) is 75.6 Å². The molecule has 1 amide bonds. The number of hydrogen-bond donors (Lipinski definition) is 2. The quantitative estimate of drug-likeness (QED) is 0.784. The molecule has 1 aromatic carbocycles. The van der Waals surface area contributed by atoms with Gasteiger partial charge in [-0.05, 0) is 44.5 Å². The van der Waals surface area contributed by atoms with Gasteiger partial charge in [0.25, 0.3) is 5.91 Å². The number of hydrogen-bond acceptors (Lipinski definition) is 3. The van der Waals surface area contributed by atoms with Crippen molar-refractivity contribution in [2.45, 2.75) is 27.2 Å². The third-order valence-electron chi connectivity index (χ3n) is 2.81. The number of carboxylic acid groups (broad SMARTS) is 1. The maximum Gasteiger partial charge on any atom is 0.331 e. The van der Waals surface area contributed by atoms with Crippen molar-refractivity contribution in [2.24, 2.45) is 0 Å². The largest absolute Gasteiger partial charge is 0.494 e. The van der Waals surface area contributed by atoms with Crippen molar-refractivity contribution in [3.05, 3.63) is 35.4 Å². The second-order valence-corrected chi connectivity index (χ2v) is 4.38. The second kappa shape index (κ2) is 7.33. The number of anilines is 1. The molecule has 2 N–H and O–H groups in total. The number of rotatable bonds is 6. The highest BCUT2D eigenvalue weighted by molar-refractivity contribution is 6.08. The lowest BCUT2D eigenvalue weighted by Gasteiger charge is -2.08. The molecule has 0 heterocycles. The summed E-state index contributed by atoms with van der Waals surface area (Å²) in [6, 6.07) is 6.95. The zero-order chi connectivity index (χ0) is 15.1. The lowest BCUT2D eigenvalue weighted by molar-refractivity contribution is -0.133. The Bertz CT molecular complexity index is 517. The summed E-state index contributed by atoms with van der Waals surface area (Å²) in [6.07, 6.45) is 0.928. The molecule has 108 valence electrons. The van der Waals surface area contributed by atoms with Crippen LogP contribution in [0.1, 0.15) is 27.2 Å². The zero-order valence-electron chi connectivity index (χ0n) is 11.9. The van der Waals surface area contributed by atoms with Crippen LogP contribution in [0.4, 0.5) is 5.69 Å². The molecular weight excluding hydrogens is 258 g/mol. The highest BCUT2D eigenvalue weighted by Crippen LogP contribution is 2.17. The van der Waals surface area contributed by atoms with E-state index in [1.54, 1.807) is 24.3 Å². The maximum atomic E-state index is 11.9. The molecule has 20 heavy (non-hydrogen) atoms. The molecule has 0 bridgehead atoms. The van der Waals surface area contributed by atoms with Gasteiger partial charge in [0, 0.05) is 16.8 Å². The molecule has 0 unspecified atom stereocenters. The molecule has 0 spiro atoms. The predicted molar refractivity (Wildman–Crippen MR) is 76.9 cm³/mol. The summed E-state index contributed by atoms with van der Waals surface area (Å²) in [4.78, 5) is 22.6. The van der Waals surface area contributed by atoms with Crippen molar-refractivity contribution in [1.29, 1.82) is 0 Å². The molecule has 0 atom stereocenters. The van der Waals surface area contributed by atoms with Gasteiger partial charge >= 0.3 is 5.97 Å². The van der Waals surface area contributed by atoms with Gasteiger partial charge in [0.05, 0.1) is 6.61 Å². The summed E-state index contributed by atoms with van der Waals surface area (Å²) in [7, 11) is 0. The highest BCUT2D eigenvalue weighted by Gasteiger charge is 2.12. The smallest absolute Gasteiger partial charge is 0.331 e. The molecule has 0 aliphatic carbocycles. The van der Waals surface area contributed by atoms with Gasteiger partial charge in [-0.2, -0.15) is 0 Å². The molecule has 5 nitrogen and oxygen atoms in total. The Labute approximate surface area is 118 Å². The Morgan fingerprint density at radius 3 is 2.25 bits per heavy atom. The van der Waals surface area contributed by atoms with Gasteiger partial charge in [0.15, 0.2) is 0 Å². The van der Waals surface area contributed by atoms with Crippen molar-refractivity contribution in [3.63, 3.8) is 0 Å². The van der Waals surface area contributed by atoms with E-state index in [0.29, 0.717) is 12.3 Å². The number of nitrogens with one attached hydrogen (secondary N) is 1. The minimum atomic E-state index is -1.10. The van der Waals surface area contributed by atoms with E-state index in [9.17, 15) is 9.59 Å². The first kappa shape index (κ1) is 15.8. The average molecular weight is 277 g/mol. The van der Waals surface area contributed by atoms with E-state index in [2.05, 4.69) is 5.32 Å².